The average molecular weight is 414 g/mol. The number of carbonyl (C=O) groups excluding carboxylic acids is 3. The van der Waals surface area contributed by atoms with E-state index in [1.54, 1.807) is 37.1 Å². The maximum Gasteiger partial charge on any atom is 0.310 e. The first-order valence-corrected chi connectivity index (χ1v) is 9.94. The number of hydrogen-bond donors (Lipinski definition) is 0. The summed E-state index contributed by atoms with van der Waals surface area (Å²) in [5.74, 6) is -1.00. The zero-order valence-corrected chi connectivity index (χ0v) is 17.4. The summed E-state index contributed by atoms with van der Waals surface area (Å²) >= 11 is 0. The van der Waals surface area contributed by atoms with Crippen molar-refractivity contribution in [2.45, 2.75) is 26.7 Å². The number of likely N-dealkylation sites (N-methyl/N-ethyl adjacent to an activating group) is 1. The molecule has 1 fully saturated rings. The number of likely N-dealkylation sites (tertiary alicyclic amines) is 1. The minimum atomic E-state index is -0.301. The van der Waals surface area contributed by atoms with Crippen LogP contribution in [0.2, 0.25) is 0 Å². The lowest BCUT2D eigenvalue weighted by atomic mass is 9.98. The second kappa shape index (κ2) is 9.47. The number of aryl methyl sites for hydroxylation is 1. The molecule has 2 aromatic rings. The Morgan fingerprint density at radius 3 is 2.77 bits per heavy atom. The van der Waals surface area contributed by atoms with Crippen LogP contribution in [0.25, 0.3) is 5.69 Å². The minimum Gasteiger partial charge on any atom is -0.466 e. The number of piperidine rings is 1. The Kier molecular flexibility index (Phi) is 6.76. The van der Waals surface area contributed by atoms with Crippen molar-refractivity contribution in [2.75, 3.05) is 33.3 Å². The van der Waals surface area contributed by atoms with Crippen LogP contribution in [0, 0.1) is 12.8 Å². The molecule has 2 amide bonds. The van der Waals surface area contributed by atoms with Crippen LogP contribution in [0.3, 0.4) is 0 Å². The van der Waals surface area contributed by atoms with E-state index in [-0.39, 0.29) is 30.2 Å². The average Bonchev–Trinajstić information content (AvgIpc) is 3.27. The lowest BCUT2D eigenvalue weighted by molar-refractivity contribution is -0.151. The largest absolute Gasteiger partial charge is 0.466 e. The molecule has 0 N–H and O–H groups in total. The van der Waals surface area contributed by atoms with Gasteiger partial charge in [-0.25, -0.2) is 4.68 Å². The molecule has 160 valence electrons. The summed E-state index contributed by atoms with van der Waals surface area (Å²) in [7, 11) is 1.59. The van der Waals surface area contributed by atoms with Crippen molar-refractivity contribution in [3.63, 3.8) is 0 Å². The maximum absolute atomic E-state index is 12.8. The van der Waals surface area contributed by atoms with Crippen molar-refractivity contribution in [1.29, 1.82) is 0 Å². The number of carbonyl (C=O) groups is 3. The van der Waals surface area contributed by atoms with Crippen LogP contribution in [0.5, 0.6) is 0 Å². The third-order valence-electron chi connectivity index (χ3n) is 5.15. The van der Waals surface area contributed by atoms with Crippen LogP contribution in [-0.4, -0.2) is 81.1 Å². The Hall–Kier alpha value is -3.30. The normalized spacial score (nSPS) is 16.2. The van der Waals surface area contributed by atoms with Gasteiger partial charge in [0, 0.05) is 25.7 Å². The Morgan fingerprint density at radius 1 is 1.30 bits per heavy atom. The van der Waals surface area contributed by atoms with Gasteiger partial charge in [0.05, 0.1) is 24.8 Å². The highest BCUT2D eigenvalue weighted by Gasteiger charge is 2.30. The lowest BCUT2D eigenvalue weighted by Gasteiger charge is -2.32. The van der Waals surface area contributed by atoms with E-state index in [1.165, 1.54) is 15.9 Å². The standard InChI is InChI=1S/C20H26N6O4/c1-4-30-20(29)16-6-5-9-25(11-16)18(27)12-24(3)19(28)15-7-8-17(14(2)10-15)26-13-21-22-23-26/h7-8,10,13,16H,4-6,9,11-12H2,1-3H3. The van der Waals surface area contributed by atoms with Gasteiger partial charge in [-0.2, -0.15) is 0 Å². The van der Waals surface area contributed by atoms with Crippen molar-refractivity contribution in [2.24, 2.45) is 5.92 Å². The SMILES string of the molecule is CCOC(=O)C1CCCN(C(=O)CN(C)C(=O)c2ccc(-n3cnnn3)c(C)c2)C1. The summed E-state index contributed by atoms with van der Waals surface area (Å²) < 4.78 is 6.60. The van der Waals surface area contributed by atoms with E-state index in [1.807, 2.05) is 6.92 Å². The second-order valence-electron chi connectivity index (χ2n) is 7.35. The summed E-state index contributed by atoms with van der Waals surface area (Å²) in [5, 5.41) is 11.1. The first kappa shape index (κ1) is 21.4. The maximum atomic E-state index is 12.8. The molecule has 1 aromatic carbocycles. The number of benzene rings is 1. The summed E-state index contributed by atoms with van der Waals surface area (Å²) in [5.41, 5.74) is 2.08. The Bertz CT molecular complexity index is 914. The summed E-state index contributed by atoms with van der Waals surface area (Å²) in [4.78, 5) is 40.5. The number of hydrogen-bond acceptors (Lipinski definition) is 7. The third-order valence-corrected chi connectivity index (χ3v) is 5.15. The van der Waals surface area contributed by atoms with E-state index >= 15 is 0 Å². The quantitative estimate of drug-likeness (QED) is 0.644. The van der Waals surface area contributed by atoms with Crippen LogP contribution in [0.4, 0.5) is 0 Å². The van der Waals surface area contributed by atoms with E-state index in [4.69, 9.17) is 4.74 Å². The number of ether oxygens (including phenoxy) is 1. The highest BCUT2D eigenvalue weighted by molar-refractivity contribution is 5.96. The monoisotopic (exact) mass is 414 g/mol. The van der Waals surface area contributed by atoms with Gasteiger partial charge in [0.2, 0.25) is 5.91 Å². The van der Waals surface area contributed by atoms with Crippen LogP contribution >= 0.6 is 0 Å². The van der Waals surface area contributed by atoms with Crippen molar-refractivity contribution in [3.8, 4) is 5.69 Å². The van der Waals surface area contributed by atoms with Crippen LogP contribution in [0.1, 0.15) is 35.7 Å². The topological polar surface area (TPSA) is 111 Å². The Labute approximate surface area is 174 Å². The van der Waals surface area contributed by atoms with Gasteiger partial charge in [0.1, 0.15) is 6.33 Å². The van der Waals surface area contributed by atoms with Gasteiger partial charge in [-0.3, -0.25) is 14.4 Å². The van der Waals surface area contributed by atoms with E-state index in [0.29, 0.717) is 31.7 Å². The molecule has 1 aliphatic heterocycles. The van der Waals surface area contributed by atoms with Gasteiger partial charge in [0.15, 0.2) is 0 Å². The molecule has 0 aliphatic carbocycles. The molecular formula is C20H26N6O4. The predicted molar refractivity (Wildman–Crippen MR) is 107 cm³/mol. The fourth-order valence-electron chi connectivity index (χ4n) is 3.57. The summed E-state index contributed by atoms with van der Waals surface area (Å²) in [6, 6.07) is 5.20. The van der Waals surface area contributed by atoms with Gasteiger partial charge in [-0.05, 0) is 60.9 Å². The van der Waals surface area contributed by atoms with Gasteiger partial charge < -0.3 is 14.5 Å². The number of esters is 1. The zero-order valence-electron chi connectivity index (χ0n) is 17.4. The highest BCUT2D eigenvalue weighted by atomic mass is 16.5. The lowest BCUT2D eigenvalue weighted by Crippen LogP contribution is -2.47. The molecule has 1 unspecified atom stereocenters. The van der Waals surface area contributed by atoms with Gasteiger partial charge in [-0.1, -0.05) is 0 Å². The van der Waals surface area contributed by atoms with Gasteiger partial charge in [0.25, 0.3) is 5.91 Å². The molecule has 0 spiro atoms. The fourth-order valence-corrected chi connectivity index (χ4v) is 3.57. The third kappa shape index (κ3) is 4.81. The van der Waals surface area contributed by atoms with Crippen molar-refractivity contribution in [3.05, 3.63) is 35.7 Å². The fraction of sp³-hybridized carbons (Fsp3) is 0.500. The van der Waals surface area contributed by atoms with Crippen molar-refractivity contribution >= 4 is 17.8 Å². The van der Waals surface area contributed by atoms with E-state index in [0.717, 1.165) is 17.7 Å². The molecule has 1 saturated heterocycles. The summed E-state index contributed by atoms with van der Waals surface area (Å²) in [6.07, 6.45) is 2.94. The molecule has 30 heavy (non-hydrogen) atoms. The first-order chi connectivity index (χ1) is 14.4. The van der Waals surface area contributed by atoms with E-state index < -0.39 is 0 Å². The molecule has 3 rings (SSSR count). The van der Waals surface area contributed by atoms with Crippen molar-refractivity contribution < 1.29 is 19.1 Å². The number of rotatable bonds is 6. The zero-order chi connectivity index (χ0) is 21.7. The molecule has 1 aliphatic rings. The molecule has 0 radical (unpaired) electrons. The first-order valence-electron chi connectivity index (χ1n) is 9.94. The van der Waals surface area contributed by atoms with Crippen molar-refractivity contribution in [1.82, 2.24) is 30.0 Å². The van der Waals surface area contributed by atoms with Crippen LogP contribution < -0.4 is 0 Å². The van der Waals surface area contributed by atoms with E-state index in [2.05, 4.69) is 15.5 Å². The molecule has 10 nitrogen and oxygen atoms in total. The van der Waals surface area contributed by atoms with E-state index in [9.17, 15) is 14.4 Å². The number of amides is 2. The minimum absolute atomic E-state index is 0.0534. The smallest absolute Gasteiger partial charge is 0.310 e. The predicted octanol–water partition coefficient (Wildman–Crippen LogP) is 0.844. The molecule has 0 bridgehead atoms. The number of aromatic nitrogens is 4. The van der Waals surface area contributed by atoms with Crippen LogP contribution in [-0.2, 0) is 14.3 Å². The van der Waals surface area contributed by atoms with Crippen LogP contribution in [0.15, 0.2) is 24.5 Å². The van der Waals surface area contributed by atoms with Gasteiger partial charge in [-0.15, -0.1) is 5.10 Å². The molecule has 0 saturated carbocycles. The Balaban J connectivity index is 1.62. The Morgan fingerprint density at radius 2 is 2.10 bits per heavy atom. The number of nitrogens with zero attached hydrogens (tertiary/aromatic N) is 6. The molecule has 10 heteroatoms. The second-order valence-corrected chi connectivity index (χ2v) is 7.35. The number of tetrazole rings is 1. The molecule has 2 heterocycles. The molecule has 1 atom stereocenters. The molecule has 1 aromatic heterocycles. The molecular weight excluding hydrogens is 388 g/mol. The highest BCUT2D eigenvalue weighted by Crippen LogP contribution is 2.19. The summed E-state index contributed by atoms with van der Waals surface area (Å²) in [6.45, 7) is 4.81. The van der Waals surface area contributed by atoms with Gasteiger partial charge >= 0.3 is 5.97 Å².